The van der Waals surface area contributed by atoms with Crippen LogP contribution in [0.25, 0.3) is 0 Å². The van der Waals surface area contributed by atoms with E-state index in [0.717, 1.165) is 12.1 Å². The summed E-state index contributed by atoms with van der Waals surface area (Å²) in [7, 11) is 0. The van der Waals surface area contributed by atoms with Crippen LogP contribution in [0.3, 0.4) is 0 Å². The lowest BCUT2D eigenvalue weighted by molar-refractivity contribution is -0.140. The van der Waals surface area contributed by atoms with Crippen molar-refractivity contribution in [2.45, 2.75) is 40.5 Å². The Balaban J connectivity index is 0.00000106. The van der Waals surface area contributed by atoms with E-state index in [1.54, 1.807) is 0 Å². The summed E-state index contributed by atoms with van der Waals surface area (Å²) in [6.07, 6.45) is 3.55. The monoisotopic (exact) mass is 223 g/mol. The van der Waals surface area contributed by atoms with Gasteiger partial charge in [0.05, 0.1) is 6.61 Å². The molecule has 0 fully saturated rings. The molecule has 0 aliphatic carbocycles. The average molecular weight is 223 g/mol. The molecule has 0 saturated heterocycles. The Kier molecular flexibility index (Phi) is 8.12. The van der Waals surface area contributed by atoms with Crippen LogP contribution in [0.2, 0.25) is 0 Å². The molecule has 1 aromatic heterocycles. The molecule has 0 aromatic carbocycles. The van der Waals surface area contributed by atoms with E-state index in [2.05, 4.69) is 18.0 Å². The van der Waals surface area contributed by atoms with Gasteiger partial charge in [0.2, 0.25) is 0 Å². The summed E-state index contributed by atoms with van der Waals surface area (Å²) in [4.78, 5) is 14.7. The van der Waals surface area contributed by atoms with Gasteiger partial charge >= 0.3 is 5.97 Å². The van der Waals surface area contributed by atoms with Crippen LogP contribution in [0.4, 0.5) is 0 Å². The second kappa shape index (κ2) is 8.89. The van der Waals surface area contributed by atoms with Gasteiger partial charge in [0.15, 0.2) is 0 Å². The van der Waals surface area contributed by atoms with E-state index in [9.17, 15) is 4.79 Å². The third kappa shape index (κ3) is 6.17. The number of hydrogen-bond acceptors (Lipinski definition) is 3. The largest absolute Gasteiger partial charge is 0.465 e. The summed E-state index contributed by atoms with van der Waals surface area (Å²) in [5.41, 5.74) is 2.18. The Bertz CT molecular complexity index is 293. The molecule has 0 aliphatic rings. The highest BCUT2D eigenvalue weighted by Crippen LogP contribution is 2.01. The summed E-state index contributed by atoms with van der Waals surface area (Å²) >= 11 is 0. The quantitative estimate of drug-likeness (QED) is 0.737. The number of aromatic nitrogens is 1. The average Bonchev–Trinajstić information content (AvgIpc) is 2.32. The van der Waals surface area contributed by atoms with E-state index in [1.165, 1.54) is 12.5 Å². The molecule has 0 unspecified atom stereocenters. The maximum Gasteiger partial charge on any atom is 0.302 e. The van der Waals surface area contributed by atoms with E-state index in [4.69, 9.17) is 4.74 Å². The molecule has 3 heteroatoms. The van der Waals surface area contributed by atoms with Gasteiger partial charge in [-0.1, -0.05) is 26.8 Å². The second-order valence-corrected chi connectivity index (χ2v) is 3.10. The zero-order valence-electron chi connectivity index (χ0n) is 10.6. The Morgan fingerprint density at radius 2 is 2.06 bits per heavy atom. The third-order valence-corrected chi connectivity index (χ3v) is 1.96. The first-order chi connectivity index (χ1) is 7.72. The summed E-state index contributed by atoms with van der Waals surface area (Å²) in [6.45, 7) is 7.91. The molecule has 0 amide bonds. The molecule has 1 aromatic rings. The Morgan fingerprint density at radius 3 is 2.50 bits per heavy atom. The first kappa shape index (κ1) is 14.6. The van der Waals surface area contributed by atoms with E-state index < -0.39 is 0 Å². The topological polar surface area (TPSA) is 39.2 Å². The fraction of sp³-hybridized carbons (Fsp3) is 0.538. The van der Waals surface area contributed by atoms with Crippen LogP contribution in [0, 0.1) is 0 Å². The van der Waals surface area contributed by atoms with E-state index >= 15 is 0 Å². The molecule has 90 valence electrons. The van der Waals surface area contributed by atoms with Crippen LogP contribution >= 0.6 is 0 Å². The molecule has 0 saturated carbocycles. The fourth-order valence-corrected chi connectivity index (χ4v) is 1.11. The van der Waals surface area contributed by atoms with Crippen molar-refractivity contribution in [1.29, 1.82) is 0 Å². The maximum absolute atomic E-state index is 10.5. The lowest BCUT2D eigenvalue weighted by Gasteiger charge is -2.02. The number of carbonyl (C=O) groups excluding carboxylic acids is 1. The van der Waals surface area contributed by atoms with Crippen molar-refractivity contribution in [3.8, 4) is 0 Å². The van der Waals surface area contributed by atoms with E-state index in [0.29, 0.717) is 13.0 Å². The van der Waals surface area contributed by atoms with Crippen molar-refractivity contribution in [3.05, 3.63) is 29.6 Å². The lowest BCUT2D eigenvalue weighted by atomic mass is 10.2. The number of hydrogen-bond donors (Lipinski definition) is 0. The molecule has 3 nitrogen and oxygen atoms in total. The molecule has 0 spiro atoms. The highest BCUT2D eigenvalue weighted by molar-refractivity contribution is 5.65. The summed E-state index contributed by atoms with van der Waals surface area (Å²) in [5, 5.41) is 0. The molecule has 0 bridgehead atoms. The van der Waals surface area contributed by atoms with Crippen molar-refractivity contribution < 1.29 is 9.53 Å². The number of esters is 1. The minimum Gasteiger partial charge on any atom is -0.465 e. The SMILES string of the molecule is CC.CCc1ccc(CCOC(C)=O)nc1. The van der Waals surface area contributed by atoms with Crippen molar-refractivity contribution >= 4 is 5.97 Å². The lowest BCUT2D eigenvalue weighted by Crippen LogP contribution is -2.04. The first-order valence-electron chi connectivity index (χ1n) is 5.79. The van der Waals surface area contributed by atoms with Crippen LogP contribution in [0.15, 0.2) is 18.3 Å². The Labute approximate surface area is 97.9 Å². The van der Waals surface area contributed by atoms with Gasteiger partial charge in [-0.05, 0) is 18.1 Å². The van der Waals surface area contributed by atoms with Crippen molar-refractivity contribution in [2.75, 3.05) is 6.61 Å². The van der Waals surface area contributed by atoms with Gasteiger partial charge in [0.25, 0.3) is 0 Å². The van der Waals surface area contributed by atoms with Crippen LogP contribution in [-0.4, -0.2) is 17.6 Å². The molecular formula is C13H21NO2. The maximum atomic E-state index is 10.5. The highest BCUT2D eigenvalue weighted by Gasteiger charge is 1.97. The fourth-order valence-electron chi connectivity index (χ4n) is 1.11. The summed E-state index contributed by atoms with van der Waals surface area (Å²) < 4.78 is 4.82. The predicted molar refractivity (Wildman–Crippen MR) is 65.3 cm³/mol. The van der Waals surface area contributed by atoms with Gasteiger partial charge in [-0.3, -0.25) is 9.78 Å². The van der Waals surface area contributed by atoms with Crippen LogP contribution in [-0.2, 0) is 22.4 Å². The van der Waals surface area contributed by atoms with Crippen LogP contribution in [0.5, 0.6) is 0 Å². The van der Waals surface area contributed by atoms with Crippen molar-refractivity contribution in [1.82, 2.24) is 4.98 Å². The summed E-state index contributed by atoms with van der Waals surface area (Å²) in [6, 6.07) is 4.03. The molecule has 0 atom stereocenters. The van der Waals surface area contributed by atoms with Gasteiger partial charge in [-0.25, -0.2) is 0 Å². The second-order valence-electron chi connectivity index (χ2n) is 3.10. The van der Waals surface area contributed by atoms with Crippen molar-refractivity contribution in [3.63, 3.8) is 0 Å². The van der Waals surface area contributed by atoms with Crippen LogP contribution < -0.4 is 0 Å². The Hall–Kier alpha value is -1.38. The van der Waals surface area contributed by atoms with Gasteiger partial charge in [-0.2, -0.15) is 0 Å². The van der Waals surface area contributed by atoms with Crippen LogP contribution in [0.1, 0.15) is 39.0 Å². The number of pyridine rings is 1. The van der Waals surface area contributed by atoms with Gasteiger partial charge in [0, 0.05) is 25.2 Å². The smallest absolute Gasteiger partial charge is 0.302 e. The van der Waals surface area contributed by atoms with E-state index in [-0.39, 0.29) is 5.97 Å². The summed E-state index contributed by atoms with van der Waals surface area (Å²) in [5.74, 6) is -0.241. The normalized spacial score (nSPS) is 9.00. The standard InChI is InChI=1S/C11H15NO2.C2H6/c1-3-10-4-5-11(12-8-10)6-7-14-9(2)13;1-2/h4-5,8H,3,6-7H2,1-2H3;1-2H3. The minimum absolute atomic E-state index is 0.241. The number of carbonyl (C=O) groups is 1. The number of aryl methyl sites for hydroxylation is 1. The molecule has 16 heavy (non-hydrogen) atoms. The molecular weight excluding hydrogens is 202 g/mol. The van der Waals surface area contributed by atoms with Gasteiger partial charge < -0.3 is 4.74 Å². The number of ether oxygens (including phenoxy) is 1. The zero-order chi connectivity index (χ0) is 12.4. The molecule has 1 rings (SSSR count). The zero-order valence-corrected chi connectivity index (χ0v) is 10.6. The number of rotatable bonds is 4. The number of nitrogens with zero attached hydrogens (tertiary/aromatic N) is 1. The highest BCUT2D eigenvalue weighted by atomic mass is 16.5. The van der Waals surface area contributed by atoms with E-state index in [1.807, 2.05) is 26.1 Å². The predicted octanol–water partition coefficient (Wildman–Crippen LogP) is 2.78. The Morgan fingerprint density at radius 1 is 1.38 bits per heavy atom. The first-order valence-corrected chi connectivity index (χ1v) is 5.79. The van der Waals surface area contributed by atoms with Gasteiger partial charge in [0.1, 0.15) is 0 Å². The molecule has 0 N–H and O–H groups in total. The van der Waals surface area contributed by atoms with Crippen molar-refractivity contribution in [2.24, 2.45) is 0 Å². The third-order valence-electron chi connectivity index (χ3n) is 1.96. The molecule has 0 aliphatic heterocycles. The minimum atomic E-state index is -0.241. The molecule has 1 heterocycles. The van der Waals surface area contributed by atoms with Gasteiger partial charge in [-0.15, -0.1) is 0 Å². The molecule has 0 radical (unpaired) electrons.